The summed E-state index contributed by atoms with van der Waals surface area (Å²) in [6.07, 6.45) is 1.90. The van der Waals surface area contributed by atoms with Gasteiger partial charge >= 0.3 is 0 Å². The van der Waals surface area contributed by atoms with Gasteiger partial charge < -0.3 is 0 Å². The number of rotatable bonds is 11. The van der Waals surface area contributed by atoms with Crippen molar-refractivity contribution in [1.82, 2.24) is 29.5 Å². The van der Waals surface area contributed by atoms with Gasteiger partial charge in [0.1, 0.15) is 23.1 Å². The van der Waals surface area contributed by atoms with Gasteiger partial charge in [0.05, 0.1) is 12.8 Å². The number of carbonyl (C=O) groups excluding carboxylic acids is 4. The number of aliphatic imine (C=N–C) groups is 2. The van der Waals surface area contributed by atoms with Crippen LogP contribution in [0.4, 0.5) is 11.9 Å². The zero-order chi connectivity index (χ0) is 29.4. The lowest BCUT2D eigenvalue weighted by molar-refractivity contribution is 0.0962. The number of benzene rings is 2. The highest BCUT2D eigenvalue weighted by molar-refractivity contribution is 6.46. The second kappa shape index (κ2) is 11.0. The zero-order valence-corrected chi connectivity index (χ0v) is 23.1. The molecule has 0 N–H and O–H groups in total. The number of aromatic nitrogens is 6. The van der Waals surface area contributed by atoms with Gasteiger partial charge in [0.2, 0.25) is 0 Å². The quantitative estimate of drug-likeness (QED) is 0.196. The molecule has 0 atom stereocenters. The number of unbranched alkanes of at least 4 members (excludes halogenated alkanes) is 1. The van der Waals surface area contributed by atoms with Crippen LogP contribution in [0.25, 0.3) is 0 Å². The van der Waals surface area contributed by atoms with Gasteiger partial charge in [-0.2, -0.15) is 0 Å². The average Bonchev–Trinajstić information content (AvgIpc) is 3.72. The highest BCUT2D eigenvalue weighted by Gasteiger charge is 2.32. The molecule has 0 amide bonds. The number of hydrogen-bond acceptors (Lipinski definition) is 10. The fraction of sp³-hybridized carbons (Fsp3) is 0.267. The number of carbonyl (C=O) groups is 4. The van der Waals surface area contributed by atoms with Crippen molar-refractivity contribution in [2.45, 2.75) is 52.4 Å². The Labute approximate surface area is 240 Å². The molecular formula is C30H26N8O4. The van der Waals surface area contributed by atoms with E-state index in [9.17, 15) is 19.2 Å². The van der Waals surface area contributed by atoms with Crippen LogP contribution in [0.2, 0.25) is 0 Å². The van der Waals surface area contributed by atoms with Crippen LogP contribution in [0.1, 0.15) is 78.8 Å². The molecule has 4 aromatic rings. The topological polar surface area (TPSA) is 154 Å². The van der Waals surface area contributed by atoms with Gasteiger partial charge in [-0.05, 0) is 26.7 Å². The number of fused-ring (bicyclic) bond motifs is 2. The summed E-state index contributed by atoms with van der Waals surface area (Å²) in [4.78, 5) is 59.8. The van der Waals surface area contributed by atoms with E-state index >= 15 is 0 Å². The summed E-state index contributed by atoms with van der Waals surface area (Å²) in [6.45, 7) is 3.87. The minimum absolute atomic E-state index is 0.114. The van der Waals surface area contributed by atoms with Gasteiger partial charge in [-0.1, -0.05) is 59.7 Å². The molecule has 2 aliphatic rings. The van der Waals surface area contributed by atoms with Crippen LogP contribution in [0.3, 0.4) is 0 Å². The van der Waals surface area contributed by atoms with Crippen molar-refractivity contribution in [3.8, 4) is 0 Å². The molecule has 0 bridgehead atoms. The van der Waals surface area contributed by atoms with Crippen molar-refractivity contribution in [3.05, 3.63) is 82.4 Å². The summed E-state index contributed by atoms with van der Waals surface area (Å²) in [7, 11) is 0. The second-order valence-corrected chi connectivity index (χ2v) is 10.4. The number of ketones is 2. The summed E-state index contributed by atoms with van der Waals surface area (Å²) < 4.78 is 2.70. The fourth-order valence-electron chi connectivity index (χ4n) is 4.88. The first-order valence-electron chi connectivity index (χ1n) is 13.6. The third kappa shape index (κ3) is 5.14. The first-order chi connectivity index (χ1) is 20.3. The van der Waals surface area contributed by atoms with Gasteiger partial charge in [0.15, 0.2) is 11.6 Å². The Kier molecular flexibility index (Phi) is 7.03. The fourth-order valence-corrected chi connectivity index (χ4v) is 4.88. The SMILES string of the molecule is Cc1ccc(C(=O)CC2=Nc3nnc(CCCCc4nnc5n4C(=O)C(CC(=O)c4ccc(C)cc4)=N5)n3C2=O)cc1. The average molecular weight is 563 g/mol. The molecule has 0 spiro atoms. The van der Waals surface area contributed by atoms with Crippen LogP contribution in [-0.2, 0) is 12.8 Å². The van der Waals surface area contributed by atoms with E-state index in [-0.39, 0.29) is 47.7 Å². The van der Waals surface area contributed by atoms with E-state index in [4.69, 9.17) is 0 Å². The molecule has 0 saturated heterocycles. The van der Waals surface area contributed by atoms with E-state index in [1.807, 2.05) is 38.1 Å². The number of hydrogen-bond donors (Lipinski definition) is 0. The standard InChI is InChI=1S/C30H26N8O4/c1-17-7-11-19(12-8-17)23(39)15-21-27(41)37-25(33-35-29(37)31-21)5-3-4-6-26-34-36-30-32-22(28(42)38(26)30)16-24(40)20-13-9-18(2)10-14-20/h7-14H,3-6,15-16H2,1-2H3. The molecule has 42 heavy (non-hydrogen) atoms. The molecule has 12 heteroatoms. The Balaban J connectivity index is 1.02. The Morgan fingerprint density at radius 2 is 0.976 bits per heavy atom. The molecular weight excluding hydrogens is 536 g/mol. The molecule has 12 nitrogen and oxygen atoms in total. The van der Waals surface area contributed by atoms with Crippen molar-refractivity contribution in [3.63, 3.8) is 0 Å². The molecule has 0 unspecified atom stereocenters. The third-order valence-electron chi connectivity index (χ3n) is 7.25. The summed E-state index contributed by atoms with van der Waals surface area (Å²) in [5.41, 5.74) is 3.41. The third-order valence-corrected chi connectivity index (χ3v) is 7.25. The number of aryl methyl sites for hydroxylation is 4. The molecule has 210 valence electrons. The second-order valence-electron chi connectivity index (χ2n) is 10.4. The smallest absolute Gasteiger partial charge is 0.281 e. The van der Waals surface area contributed by atoms with E-state index in [1.54, 1.807) is 24.3 Å². The van der Waals surface area contributed by atoms with Crippen LogP contribution in [0.15, 0.2) is 58.5 Å². The lowest BCUT2D eigenvalue weighted by Crippen LogP contribution is -2.22. The van der Waals surface area contributed by atoms with Crippen LogP contribution in [0.5, 0.6) is 0 Å². The largest absolute Gasteiger partial charge is 0.294 e. The van der Waals surface area contributed by atoms with Gasteiger partial charge in [0.25, 0.3) is 23.7 Å². The first kappa shape index (κ1) is 26.9. The van der Waals surface area contributed by atoms with E-state index in [1.165, 1.54) is 9.13 Å². The van der Waals surface area contributed by atoms with Crippen molar-refractivity contribution in [2.75, 3.05) is 0 Å². The number of nitrogens with zero attached hydrogens (tertiary/aromatic N) is 8. The maximum atomic E-state index is 13.0. The predicted molar refractivity (Wildman–Crippen MR) is 152 cm³/mol. The lowest BCUT2D eigenvalue weighted by atomic mass is 10.0. The van der Waals surface area contributed by atoms with Gasteiger partial charge in [-0.25, -0.2) is 19.1 Å². The van der Waals surface area contributed by atoms with E-state index in [0.29, 0.717) is 48.5 Å². The number of Topliss-reactive ketones (excluding diaryl/α,β-unsaturated/α-hetero) is 2. The first-order valence-corrected chi connectivity index (χ1v) is 13.6. The Morgan fingerprint density at radius 3 is 1.36 bits per heavy atom. The van der Waals surface area contributed by atoms with Crippen LogP contribution < -0.4 is 0 Å². The Morgan fingerprint density at radius 1 is 0.595 bits per heavy atom. The van der Waals surface area contributed by atoms with Gasteiger partial charge in [0, 0.05) is 24.0 Å². The van der Waals surface area contributed by atoms with E-state index in [2.05, 4.69) is 30.4 Å². The minimum Gasteiger partial charge on any atom is -0.294 e. The van der Waals surface area contributed by atoms with Crippen molar-refractivity contribution in [1.29, 1.82) is 0 Å². The Bertz CT molecular complexity index is 1680. The summed E-state index contributed by atoms with van der Waals surface area (Å²) in [5.74, 6) is 0.0970. The van der Waals surface area contributed by atoms with Crippen LogP contribution in [-0.4, -0.2) is 64.3 Å². The van der Waals surface area contributed by atoms with Crippen LogP contribution in [0, 0.1) is 13.8 Å². The van der Waals surface area contributed by atoms with Crippen molar-refractivity contribution >= 4 is 46.7 Å². The van der Waals surface area contributed by atoms with E-state index in [0.717, 1.165) is 11.1 Å². The van der Waals surface area contributed by atoms with Crippen molar-refractivity contribution < 1.29 is 19.2 Å². The minimum atomic E-state index is -0.392. The molecule has 6 rings (SSSR count). The molecule has 0 fully saturated rings. The lowest BCUT2D eigenvalue weighted by Gasteiger charge is -2.05. The van der Waals surface area contributed by atoms with Crippen LogP contribution >= 0.6 is 0 Å². The molecule has 0 radical (unpaired) electrons. The van der Waals surface area contributed by atoms with E-state index < -0.39 is 11.8 Å². The highest BCUT2D eigenvalue weighted by atomic mass is 16.2. The van der Waals surface area contributed by atoms with Crippen molar-refractivity contribution in [2.24, 2.45) is 9.98 Å². The Hall–Kier alpha value is -5.26. The summed E-state index contributed by atoms with van der Waals surface area (Å²) in [5, 5.41) is 16.2. The molecule has 2 aromatic carbocycles. The normalized spacial score (nSPS) is 13.7. The maximum Gasteiger partial charge on any atom is 0.281 e. The zero-order valence-electron chi connectivity index (χ0n) is 23.1. The molecule has 0 aliphatic carbocycles. The monoisotopic (exact) mass is 562 g/mol. The van der Waals surface area contributed by atoms with Gasteiger partial charge in [-0.15, -0.1) is 20.4 Å². The summed E-state index contributed by atoms with van der Waals surface area (Å²) in [6, 6.07) is 14.3. The molecule has 2 aromatic heterocycles. The maximum absolute atomic E-state index is 13.0. The molecule has 4 heterocycles. The predicted octanol–water partition coefficient (Wildman–Crippen LogP) is 4.05. The highest BCUT2D eigenvalue weighted by Crippen LogP contribution is 2.24. The molecule has 0 saturated carbocycles. The summed E-state index contributed by atoms with van der Waals surface area (Å²) >= 11 is 0. The van der Waals surface area contributed by atoms with Gasteiger partial charge in [-0.3, -0.25) is 19.2 Å². The molecule has 2 aliphatic heterocycles.